The highest BCUT2D eigenvalue weighted by atomic mass is 28.3. The van der Waals surface area contributed by atoms with Crippen molar-refractivity contribution in [2.45, 2.75) is 63.7 Å². The molecule has 1 aliphatic heterocycles. The molecule has 8 nitrogen and oxygen atoms in total. The predicted molar refractivity (Wildman–Crippen MR) is 120 cm³/mol. The lowest BCUT2D eigenvalue weighted by atomic mass is 10.1. The molecule has 0 saturated carbocycles. The van der Waals surface area contributed by atoms with Crippen molar-refractivity contribution in [3.05, 3.63) is 48.5 Å². The van der Waals surface area contributed by atoms with Gasteiger partial charge in [0.2, 0.25) is 5.88 Å². The van der Waals surface area contributed by atoms with Gasteiger partial charge in [-0.05, 0) is 18.5 Å². The number of imidazole rings is 1. The van der Waals surface area contributed by atoms with E-state index in [0.29, 0.717) is 30.3 Å². The molecule has 1 saturated heterocycles. The summed E-state index contributed by atoms with van der Waals surface area (Å²) in [7, 11) is -1.24. The Kier molecular flexibility index (Phi) is 5.99. The van der Waals surface area contributed by atoms with Crippen LogP contribution < -0.4 is 4.74 Å². The molecule has 3 heterocycles. The molecule has 3 aromatic rings. The summed E-state index contributed by atoms with van der Waals surface area (Å²) in [5.41, 5.74) is 2.07. The molecule has 1 aliphatic rings. The van der Waals surface area contributed by atoms with Crippen LogP contribution in [0.15, 0.2) is 43.0 Å². The molecule has 0 amide bonds. The molecule has 9 heteroatoms. The average Bonchev–Trinajstić information content (AvgIpc) is 3.33. The van der Waals surface area contributed by atoms with Gasteiger partial charge in [0.1, 0.15) is 18.5 Å². The molecule has 1 fully saturated rings. The van der Waals surface area contributed by atoms with E-state index in [9.17, 15) is 5.11 Å². The lowest BCUT2D eigenvalue weighted by molar-refractivity contribution is -0.0728. The summed E-state index contributed by atoms with van der Waals surface area (Å²) >= 11 is 0. The third kappa shape index (κ3) is 4.95. The van der Waals surface area contributed by atoms with E-state index in [1.54, 1.807) is 10.9 Å². The Morgan fingerprint density at radius 2 is 2.00 bits per heavy atom. The molecule has 1 N–H and O–H groups in total. The van der Waals surface area contributed by atoms with Gasteiger partial charge in [0, 0.05) is 9.44 Å². The fourth-order valence-electron chi connectivity index (χ4n) is 3.46. The smallest absolute Gasteiger partial charge is 0.245 e. The second-order valence-corrected chi connectivity index (χ2v) is 14.6. The van der Waals surface area contributed by atoms with E-state index in [0.717, 1.165) is 11.6 Å². The van der Waals surface area contributed by atoms with E-state index < -0.39 is 32.6 Å². The second-order valence-electron chi connectivity index (χ2n) is 8.98. The first-order valence-corrected chi connectivity index (χ1v) is 14.2. The maximum atomic E-state index is 10.8. The highest BCUT2D eigenvalue weighted by Gasteiger charge is 2.44. The maximum Gasteiger partial charge on any atom is 0.245 e. The van der Waals surface area contributed by atoms with Crippen molar-refractivity contribution in [1.82, 2.24) is 19.5 Å². The number of fused-ring (bicyclic) bond motifs is 1. The Morgan fingerprint density at radius 1 is 1.19 bits per heavy atom. The van der Waals surface area contributed by atoms with Crippen molar-refractivity contribution < 1.29 is 20.7 Å². The molecular formula is C22H30N4O4Si. The molecule has 0 radical (unpaired) electrons. The Bertz CT molecular complexity index is 1030. The van der Waals surface area contributed by atoms with Crippen molar-refractivity contribution in [2.24, 2.45) is 0 Å². The SMILES string of the molecule is [2H]C[C@H]1OC(n2cnc3c(OCC[Si](C)(C)C)ncnc32)[C@@H](OCc2ccccc2)[C@@H]1O. The summed E-state index contributed by atoms with van der Waals surface area (Å²) in [4.78, 5) is 13.1. The van der Waals surface area contributed by atoms with Crippen molar-refractivity contribution in [3.63, 3.8) is 0 Å². The number of aliphatic hydroxyl groups is 1. The fraction of sp³-hybridized carbons (Fsp3) is 0.500. The summed E-state index contributed by atoms with van der Waals surface area (Å²) in [6.45, 7) is 7.71. The number of ether oxygens (including phenoxy) is 3. The van der Waals surface area contributed by atoms with Crippen LogP contribution >= 0.6 is 0 Å². The van der Waals surface area contributed by atoms with Crippen molar-refractivity contribution in [2.75, 3.05) is 6.61 Å². The molecule has 166 valence electrons. The lowest BCUT2D eigenvalue weighted by Crippen LogP contribution is -2.33. The van der Waals surface area contributed by atoms with Crippen LogP contribution in [0.25, 0.3) is 11.2 Å². The van der Waals surface area contributed by atoms with Crippen molar-refractivity contribution in [3.8, 4) is 5.88 Å². The van der Waals surface area contributed by atoms with E-state index in [-0.39, 0.29) is 6.90 Å². The molecule has 2 aromatic heterocycles. The zero-order valence-electron chi connectivity index (χ0n) is 19.1. The summed E-state index contributed by atoms with van der Waals surface area (Å²) in [6, 6.07) is 10.8. The largest absolute Gasteiger partial charge is 0.476 e. The quantitative estimate of drug-likeness (QED) is 0.534. The molecule has 0 aliphatic carbocycles. The first kappa shape index (κ1) is 20.6. The Morgan fingerprint density at radius 3 is 2.74 bits per heavy atom. The third-order valence-corrected chi connectivity index (χ3v) is 6.99. The summed E-state index contributed by atoms with van der Waals surface area (Å²) < 4.78 is 27.5. The van der Waals surface area contributed by atoms with Crippen molar-refractivity contribution in [1.29, 1.82) is 0 Å². The molecule has 31 heavy (non-hydrogen) atoms. The molecule has 4 atom stereocenters. The summed E-state index contributed by atoms with van der Waals surface area (Å²) in [5, 5.41) is 10.8. The molecule has 0 bridgehead atoms. The number of benzene rings is 1. The molecule has 4 rings (SSSR count). The van der Waals surface area contributed by atoms with Gasteiger partial charge in [-0.3, -0.25) is 4.57 Å². The van der Waals surface area contributed by atoms with E-state index in [1.165, 1.54) is 6.33 Å². The van der Waals surface area contributed by atoms with E-state index in [4.69, 9.17) is 15.6 Å². The van der Waals surface area contributed by atoms with Gasteiger partial charge in [0.15, 0.2) is 17.4 Å². The minimum absolute atomic E-state index is 0.0739. The number of rotatable bonds is 8. The van der Waals surface area contributed by atoms with Crippen LogP contribution in [0.3, 0.4) is 0 Å². The van der Waals surface area contributed by atoms with Crippen molar-refractivity contribution >= 4 is 19.2 Å². The minimum atomic E-state index is -1.24. The lowest BCUT2D eigenvalue weighted by Gasteiger charge is -2.22. The fourth-order valence-corrected chi connectivity index (χ4v) is 4.18. The molecular weight excluding hydrogens is 412 g/mol. The van der Waals surface area contributed by atoms with Crippen LogP contribution in [0.1, 0.15) is 20.1 Å². The minimum Gasteiger partial charge on any atom is -0.476 e. The van der Waals surface area contributed by atoms with Crippen LogP contribution in [0.4, 0.5) is 0 Å². The first-order valence-electron chi connectivity index (χ1n) is 11.2. The standard InChI is InChI=1S/C22H30N4O4Si/c1-15-18(27)19(29-12-16-8-6-5-7-9-16)22(30-15)26-14-25-17-20(26)23-13-24-21(17)28-10-11-31(2,3)4/h5-9,13-15,18-19,22,27H,10-12H2,1-4H3/t15-,18-,19+,22?/m1/s1/i1D. The Labute approximate surface area is 184 Å². The van der Waals surface area contributed by atoms with Gasteiger partial charge in [-0.25, -0.2) is 9.97 Å². The maximum absolute atomic E-state index is 10.8. The predicted octanol–water partition coefficient (Wildman–Crippen LogP) is 3.41. The van der Waals surface area contributed by atoms with Gasteiger partial charge < -0.3 is 19.3 Å². The second kappa shape index (κ2) is 9.03. The van der Waals surface area contributed by atoms with E-state index in [1.807, 2.05) is 30.3 Å². The van der Waals surface area contributed by atoms with Gasteiger partial charge in [-0.15, -0.1) is 0 Å². The van der Waals surface area contributed by atoms with E-state index in [2.05, 4.69) is 34.6 Å². The number of hydrogen-bond acceptors (Lipinski definition) is 7. The van der Waals surface area contributed by atoms with Gasteiger partial charge in [-0.1, -0.05) is 50.0 Å². The molecule has 1 aromatic carbocycles. The Hall–Kier alpha value is -2.33. The normalized spacial score (nSPS) is 24.5. The van der Waals surface area contributed by atoms with Crippen LogP contribution in [0.2, 0.25) is 25.7 Å². The number of aliphatic hydroxyl groups excluding tert-OH is 1. The monoisotopic (exact) mass is 443 g/mol. The summed E-state index contributed by atoms with van der Waals surface area (Å²) in [6.07, 6.45) is 0.110. The topological polar surface area (TPSA) is 91.5 Å². The summed E-state index contributed by atoms with van der Waals surface area (Å²) in [5.74, 6) is 0.435. The van der Waals surface area contributed by atoms with Crippen LogP contribution in [0, 0.1) is 0 Å². The zero-order valence-corrected chi connectivity index (χ0v) is 19.1. The van der Waals surface area contributed by atoms with Gasteiger partial charge in [0.25, 0.3) is 0 Å². The number of hydrogen-bond donors (Lipinski definition) is 1. The van der Waals surface area contributed by atoms with Crippen LogP contribution in [-0.4, -0.2) is 57.6 Å². The van der Waals surface area contributed by atoms with Crippen LogP contribution in [0.5, 0.6) is 5.88 Å². The van der Waals surface area contributed by atoms with E-state index >= 15 is 0 Å². The number of nitrogens with zero attached hydrogens (tertiary/aromatic N) is 4. The highest BCUT2D eigenvalue weighted by Crippen LogP contribution is 2.34. The Balaban J connectivity index is 1.57. The first-order chi connectivity index (χ1) is 15.4. The van der Waals surface area contributed by atoms with Crippen LogP contribution in [-0.2, 0) is 16.1 Å². The van der Waals surface area contributed by atoms with Gasteiger partial charge >= 0.3 is 0 Å². The highest BCUT2D eigenvalue weighted by molar-refractivity contribution is 6.76. The molecule has 1 unspecified atom stereocenters. The zero-order chi connectivity index (χ0) is 22.7. The number of aromatic nitrogens is 4. The molecule has 0 spiro atoms. The van der Waals surface area contributed by atoms with Gasteiger partial charge in [-0.2, -0.15) is 4.98 Å². The third-order valence-electron chi connectivity index (χ3n) is 5.29. The average molecular weight is 444 g/mol. The van der Waals surface area contributed by atoms with Gasteiger partial charge in [0.05, 0.1) is 25.6 Å².